The van der Waals surface area contributed by atoms with Crippen LogP contribution < -0.4 is 10.6 Å². The van der Waals surface area contributed by atoms with Gasteiger partial charge in [0.05, 0.1) is 0 Å². The molecule has 3 rings (SSSR count). The third-order valence-electron chi connectivity index (χ3n) is 5.90. The minimum Gasteiger partial charge on any atom is -0.350 e. The van der Waals surface area contributed by atoms with Crippen molar-refractivity contribution < 1.29 is 9.59 Å². The van der Waals surface area contributed by atoms with Crippen molar-refractivity contribution in [2.45, 2.75) is 70.9 Å². The highest BCUT2D eigenvalue weighted by atomic mass is 16.2. The molecule has 1 heterocycles. The molecule has 0 atom stereocenters. The fourth-order valence-electron chi connectivity index (χ4n) is 4.17. The molecule has 0 spiro atoms. The van der Waals surface area contributed by atoms with Gasteiger partial charge in [-0.15, -0.1) is 0 Å². The van der Waals surface area contributed by atoms with Crippen molar-refractivity contribution in [1.82, 2.24) is 15.5 Å². The van der Waals surface area contributed by atoms with Crippen molar-refractivity contribution in [3.63, 3.8) is 0 Å². The monoisotopic (exact) mass is 383 g/mol. The first-order chi connectivity index (χ1) is 13.5. The lowest BCUT2D eigenvalue weighted by atomic mass is 9.95. The van der Waals surface area contributed by atoms with Crippen molar-refractivity contribution in [1.29, 1.82) is 0 Å². The summed E-state index contributed by atoms with van der Waals surface area (Å²) in [6, 6.07) is 6.75. The van der Waals surface area contributed by atoms with Gasteiger partial charge in [0, 0.05) is 31.2 Å². The van der Waals surface area contributed by atoms with Gasteiger partial charge in [0.2, 0.25) is 5.91 Å². The first-order valence-corrected chi connectivity index (χ1v) is 10.6. The molecule has 28 heavy (non-hydrogen) atoms. The van der Waals surface area contributed by atoms with E-state index in [-0.39, 0.29) is 18.0 Å². The highest BCUT2D eigenvalue weighted by Gasteiger charge is 2.25. The van der Waals surface area contributed by atoms with Crippen LogP contribution in [0, 0.1) is 13.8 Å². The maximum Gasteiger partial charge on any atom is 0.317 e. The number of carbonyl (C=O) groups is 2. The Morgan fingerprint density at radius 2 is 1.64 bits per heavy atom. The first-order valence-electron chi connectivity index (χ1n) is 10.6. The van der Waals surface area contributed by atoms with Crippen LogP contribution in [0.5, 0.6) is 0 Å². The molecule has 1 saturated heterocycles. The molecule has 1 saturated carbocycles. The number of carbonyl (C=O) groups excluding carboxylic acids is 2. The summed E-state index contributed by atoms with van der Waals surface area (Å²) in [6.45, 7) is 5.52. The van der Waals surface area contributed by atoms with Gasteiger partial charge in [0.15, 0.2) is 0 Å². The summed E-state index contributed by atoms with van der Waals surface area (Å²) in [4.78, 5) is 26.6. The van der Waals surface area contributed by atoms with Crippen LogP contribution in [0.3, 0.4) is 0 Å². The second-order valence-corrected chi connectivity index (χ2v) is 8.25. The van der Waals surface area contributed by atoms with Gasteiger partial charge in [0.1, 0.15) is 0 Å². The van der Waals surface area contributed by atoms with Gasteiger partial charge in [-0.25, -0.2) is 4.79 Å². The predicted molar refractivity (Wildman–Crippen MR) is 113 cm³/mol. The van der Waals surface area contributed by atoms with E-state index in [9.17, 15) is 9.59 Å². The maximum absolute atomic E-state index is 12.4. The molecule has 2 fully saturated rings. The van der Waals surface area contributed by atoms with E-state index >= 15 is 0 Å². The van der Waals surface area contributed by atoms with Gasteiger partial charge in [-0.3, -0.25) is 4.79 Å². The van der Waals surface area contributed by atoms with Crippen LogP contribution in [0.25, 0.3) is 6.08 Å². The standard InChI is InChI=1S/C23H33N3O2/c1-17-8-9-19(18(2)16-17)10-11-22(27)24-21-12-14-26(15-13-21)23(28)25-20-6-4-3-5-7-20/h8-11,16,20-21H,3-7,12-15H2,1-2H3,(H,24,27)(H,25,28)/b11-10+. The normalized spacial score (nSPS) is 19.0. The average Bonchev–Trinajstić information content (AvgIpc) is 2.68. The number of piperidine rings is 1. The Bertz CT molecular complexity index is 715. The van der Waals surface area contributed by atoms with Crippen molar-refractivity contribution in [3.8, 4) is 0 Å². The number of benzene rings is 1. The van der Waals surface area contributed by atoms with E-state index in [1.165, 1.54) is 30.4 Å². The molecule has 3 amide bonds. The average molecular weight is 384 g/mol. The van der Waals surface area contributed by atoms with Crippen LogP contribution >= 0.6 is 0 Å². The maximum atomic E-state index is 12.4. The molecule has 0 aromatic heterocycles. The molecule has 152 valence electrons. The van der Waals surface area contributed by atoms with E-state index in [0.29, 0.717) is 19.1 Å². The van der Waals surface area contributed by atoms with E-state index in [1.54, 1.807) is 6.08 Å². The second-order valence-electron chi connectivity index (χ2n) is 8.25. The van der Waals surface area contributed by atoms with Gasteiger partial charge < -0.3 is 15.5 Å². The highest BCUT2D eigenvalue weighted by molar-refractivity contribution is 5.92. The number of aryl methyl sites for hydroxylation is 2. The minimum absolute atomic E-state index is 0.0615. The summed E-state index contributed by atoms with van der Waals surface area (Å²) in [5.74, 6) is -0.0647. The first kappa shape index (κ1) is 20.4. The molecular formula is C23H33N3O2. The Labute approximate surface area is 168 Å². The number of hydrogen-bond donors (Lipinski definition) is 2. The van der Waals surface area contributed by atoms with Crippen LogP contribution in [-0.4, -0.2) is 42.0 Å². The predicted octanol–water partition coefficient (Wildman–Crippen LogP) is 3.94. The number of nitrogens with zero attached hydrogens (tertiary/aromatic N) is 1. The van der Waals surface area contributed by atoms with Crippen LogP contribution in [0.1, 0.15) is 61.6 Å². The van der Waals surface area contributed by atoms with Gasteiger partial charge in [-0.05, 0) is 56.7 Å². The van der Waals surface area contributed by atoms with Crippen molar-refractivity contribution in [2.24, 2.45) is 0 Å². The van der Waals surface area contributed by atoms with Crippen LogP contribution in [0.2, 0.25) is 0 Å². The molecule has 0 unspecified atom stereocenters. The Balaban J connectivity index is 1.41. The number of amides is 3. The Hall–Kier alpha value is -2.30. The number of nitrogens with one attached hydrogen (secondary N) is 2. The van der Waals surface area contributed by atoms with E-state index in [0.717, 1.165) is 31.2 Å². The third-order valence-corrected chi connectivity index (χ3v) is 5.90. The molecule has 2 N–H and O–H groups in total. The Kier molecular flexibility index (Phi) is 7.12. The lowest BCUT2D eigenvalue weighted by Crippen LogP contribution is -2.51. The fourth-order valence-corrected chi connectivity index (χ4v) is 4.17. The Morgan fingerprint density at radius 3 is 2.32 bits per heavy atom. The summed E-state index contributed by atoms with van der Waals surface area (Å²) >= 11 is 0. The SMILES string of the molecule is Cc1ccc(/C=C/C(=O)NC2CCN(C(=O)NC3CCCCC3)CC2)c(C)c1. The molecule has 1 aromatic carbocycles. The minimum atomic E-state index is -0.0647. The van der Waals surface area contributed by atoms with Crippen LogP contribution in [0.15, 0.2) is 24.3 Å². The highest BCUT2D eigenvalue weighted by Crippen LogP contribution is 2.18. The quantitative estimate of drug-likeness (QED) is 0.774. The number of hydrogen-bond acceptors (Lipinski definition) is 2. The molecule has 0 bridgehead atoms. The third kappa shape index (κ3) is 5.85. The van der Waals surface area contributed by atoms with Gasteiger partial charge in [-0.1, -0.05) is 43.0 Å². The zero-order valence-electron chi connectivity index (χ0n) is 17.2. The molecule has 5 heteroatoms. The van der Waals surface area contributed by atoms with E-state index in [1.807, 2.05) is 17.0 Å². The summed E-state index contributed by atoms with van der Waals surface area (Å²) in [5, 5.41) is 6.26. The summed E-state index contributed by atoms with van der Waals surface area (Å²) in [7, 11) is 0. The second kappa shape index (κ2) is 9.76. The van der Waals surface area contributed by atoms with Crippen molar-refractivity contribution in [3.05, 3.63) is 41.0 Å². The summed E-state index contributed by atoms with van der Waals surface area (Å²) < 4.78 is 0. The van der Waals surface area contributed by atoms with Gasteiger partial charge in [-0.2, -0.15) is 0 Å². The topological polar surface area (TPSA) is 61.4 Å². The van der Waals surface area contributed by atoms with Crippen molar-refractivity contribution in [2.75, 3.05) is 13.1 Å². The van der Waals surface area contributed by atoms with Crippen LogP contribution in [-0.2, 0) is 4.79 Å². The van der Waals surface area contributed by atoms with Crippen molar-refractivity contribution >= 4 is 18.0 Å². The smallest absolute Gasteiger partial charge is 0.317 e. The zero-order chi connectivity index (χ0) is 19.9. The van der Waals surface area contributed by atoms with Gasteiger partial charge in [0.25, 0.3) is 0 Å². The molecule has 1 aliphatic carbocycles. The summed E-state index contributed by atoms with van der Waals surface area (Å²) in [6.07, 6.45) is 11.0. The fraction of sp³-hybridized carbons (Fsp3) is 0.565. The zero-order valence-corrected chi connectivity index (χ0v) is 17.2. The number of likely N-dealkylation sites (tertiary alicyclic amines) is 1. The lowest BCUT2D eigenvalue weighted by Gasteiger charge is -2.34. The molecule has 1 aliphatic heterocycles. The largest absolute Gasteiger partial charge is 0.350 e. The van der Waals surface area contributed by atoms with Gasteiger partial charge >= 0.3 is 6.03 Å². The summed E-state index contributed by atoms with van der Waals surface area (Å²) in [5.41, 5.74) is 3.45. The lowest BCUT2D eigenvalue weighted by molar-refractivity contribution is -0.117. The Morgan fingerprint density at radius 1 is 0.964 bits per heavy atom. The van der Waals surface area contributed by atoms with E-state index < -0.39 is 0 Å². The molecule has 2 aliphatic rings. The van der Waals surface area contributed by atoms with E-state index in [4.69, 9.17) is 0 Å². The number of urea groups is 1. The molecule has 1 aromatic rings. The molecule has 5 nitrogen and oxygen atoms in total. The molecule has 0 radical (unpaired) electrons. The van der Waals surface area contributed by atoms with E-state index in [2.05, 4.69) is 36.6 Å². The number of rotatable bonds is 4. The van der Waals surface area contributed by atoms with Crippen LogP contribution in [0.4, 0.5) is 4.79 Å². The molecular weight excluding hydrogens is 350 g/mol.